The van der Waals surface area contributed by atoms with Gasteiger partial charge in [0.1, 0.15) is 29.8 Å². The zero-order valence-electron chi connectivity index (χ0n) is 21.2. The minimum absolute atomic E-state index is 0.0454. The van der Waals surface area contributed by atoms with Gasteiger partial charge in [-0.3, -0.25) is 0 Å². The zero-order chi connectivity index (χ0) is 26.5. The molecule has 1 N–H and O–H groups in total. The van der Waals surface area contributed by atoms with Crippen molar-refractivity contribution < 1.29 is 22.6 Å². The van der Waals surface area contributed by atoms with Gasteiger partial charge in [-0.25, -0.2) is 23.1 Å². The van der Waals surface area contributed by atoms with Crippen molar-refractivity contribution in [3.8, 4) is 5.88 Å². The number of pyridine rings is 1. The number of nitrogens with zero attached hydrogens (tertiary/aromatic N) is 5. The fourth-order valence-corrected chi connectivity index (χ4v) is 4.24. The third-order valence-corrected chi connectivity index (χ3v) is 6.27. The molecular formula is C26H31F3N6O2. The molecule has 0 aliphatic carbocycles. The Morgan fingerprint density at radius 2 is 1.84 bits per heavy atom. The molecule has 8 nitrogen and oxygen atoms in total. The predicted molar refractivity (Wildman–Crippen MR) is 137 cm³/mol. The Morgan fingerprint density at radius 3 is 2.51 bits per heavy atom. The lowest BCUT2D eigenvalue weighted by molar-refractivity contribution is 0.144. The van der Waals surface area contributed by atoms with Crippen LogP contribution in [0.25, 0.3) is 11.0 Å². The molecule has 0 saturated carbocycles. The minimum Gasteiger partial charge on any atom is -0.474 e. The van der Waals surface area contributed by atoms with E-state index in [1.807, 2.05) is 6.07 Å². The Labute approximate surface area is 214 Å². The molecule has 1 saturated heterocycles. The van der Waals surface area contributed by atoms with Gasteiger partial charge in [0.15, 0.2) is 5.65 Å². The van der Waals surface area contributed by atoms with Gasteiger partial charge in [-0.15, -0.1) is 6.58 Å². The van der Waals surface area contributed by atoms with Gasteiger partial charge in [-0.2, -0.15) is 4.98 Å². The molecule has 0 amide bonds. The molecule has 3 aromatic rings. The Kier molecular flexibility index (Phi) is 8.45. The van der Waals surface area contributed by atoms with Crippen molar-refractivity contribution in [3.05, 3.63) is 59.7 Å². The topological polar surface area (TPSA) is 75.6 Å². The highest BCUT2D eigenvalue weighted by molar-refractivity contribution is 5.90. The van der Waals surface area contributed by atoms with Crippen molar-refractivity contribution in [2.75, 3.05) is 63.8 Å². The summed E-state index contributed by atoms with van der Waals surface area (Å²) < 4.78 is 52.7. The van der Waals surface area contributed by atoms with Crippen LogP contribution in [-0.4, -0.2) is 73.4 Å². The summed E-state index contributed by atoms with van der Waals surface area (Å²) in [5, 5.41) is 3.76. The number of aryl methyl sites for hydroxylation is 1. The molecule has 1 aromatic carbocycles. The lowest BCUT2D eigenvalue weighted by atomic mass is 10.0. The number of hydrogen-bond donors (Lipinski definition) is 1. The van der Waals surface area contributed by atoms with E-state index >= 15 is 0 Å². The van der Waals surface area contributed by atoms with Crippen LogP contribution in [0.4, 0.5) is 24.7 Å². The number of alkyl halides is 2. The van der Waals surface area contributed by atoms with Crippen molar-refractivity contribution in [3.63, 3.8) is 0 Å². The smallest absolute Gasteiger partial charge is 0.266 e. The van der Waals surface area contributed by atoms with E-state index in [0.717, 1.165) is 37.9 Å². The Morgan fingerprint density at radius 1 is 1.11 bits per heavy atom. The maximum absolute atomic E-state index is 14.9. The van der Waals surface area contributed by atoms with Crippen LogP contribution in [0.2, 0.25) is 0 Å². The number of methoxy groups -OCH3 is 1. The van der Waals surface area contributed by atoms with Crippen molar-refractivity contribution in [2.45, 2.75) is 19.4 Å². The fourth-order valence-electron chi connectivity index (χ4n) is 4.24. The predicted octanol–water partition coefficient (Wildman–Crippen LogP) is 4.53. The first kappa shape index (κ1) is 26.6. The van der Waals surface area contributed by atoms with Crippen LogP contribution in [0.15, 0.2) is 36.9 Å². The van der Waals surface area contributed by atoms with Gasteiger partial charge in [-0.1, -0.05) is 24.3 Å². The molecule has 0 radical (unpaired) electrons. The highest BCUT2D eigenvalue weighted by atomic mass is 19.3. The average Bonchev–Trinajstić information content (AvgIpc) is 2.87. The first-order chi connectivity index (χ1) is 17.8. The summed E-state index contributed by atoms with van der Waals surface area (Å²) in [6.07, 6.45) is -1.48. The van der Waals surface area contributed by atoms with Gasteiger partial charge < -0.3 is 24.6 Å². The Balaban J connectivity index is 1.77. The minimum atomic E-state index is -2.93. The van der Waals surface area contributed by atoms with Crippen molar-refractivity contribution >= 4 is 22.5 Å². The number of likely N-dealkylation sites (N-methyl/N-ethyl adjacent to an activating group) is 1. The number of aromatic nitrogens is 3. The van der Waals surface area contributed by atoms with Crippen LogP contribution < -0.4 is 15.0 Å². The summed E-state index contributed by atoms with van der Waals surface area (Å²) in [6, 6.07) is 5.01. The molecule has 0 unspecified atom stereocenters. The van der Waals surface area contributed by atoms with Gasteiger partial charge in [0.25, 0.3) is 6.43 Å². The molecule has 2 aromatic heterocycles. The number of nitrogens with one attached hydrogen (secondary N) is 1. The molecule has 1 atom stereocenters. The second kappa shape index (κ2) is 11.7. The first-order valence-corrected chi connectivity index (χ1v) is 12.0. The SMILES string of the molecule is C=C[C@@H](Nc1nc(C)nc2nc(OCCOC)c(N3CCN(C)CC3)cc12)c1cccc(C(F)F)c1F. The molecule has 1 aliphatic heterocycles. The quantitative estimate of drug-likeness (QED) is 0.311. The highest BCUT2D eigenvalue weighted by Crippen LogP contribution is 2.35. The maximum atomic E-state index is 14.9. The number of piperazine rings is 1. The van der Waals surface area contributed by atoms with Gasteiger partial charge in [0.2, 0.25) is 5.88 Å². The van der Waals surface area contributed by atoms with Crippen molar-refractivity contribution in [1.29, 1.82) is 0 Å². The van der Waals surface area contributed by atoms with Crippen LogP contribution in [0, 0.1) is 12.7 Å². The number of ether oxygens (including phenoxy) is 2. The highest BCUT2D eigenvalue weighted by Gasteiger charge is 2.24. The van der Waals surface area contributed by atoms with E-state index < -0.39 is 23.8 Å². The van der Waals surface area contributed by atoms with E-state index in [1.165, 1.54) is 18.2 Å². The third-order valence-electron chi connectivity index (χ3n) is 6.27. The molecule has 4 rings (SSSR count). The standard InChI is InChI=1S/C26H31F3N6O2/c1-5-20(17-7-6-8-18(22(17)27)23(28)29)32-24-19-15-21(35-11-9-34(3)10-12-35)26(37-14-13-36-4)33-25(19)31-16(2)30-24/h5-8,15,20,23H,1,9-14H2,2-4H3,(H,30,31,32,33)/t20-/m1/s1. The van der Waals surface area contributed by atoms with Crippen LogP contribution in [0.1, 0.15) is 29.4 Å². The Bertz CT molecular complexity index is 1250. The lowest BCUT2D eigenvalue weighted by Gasteiger charge is -2.34. The number of halogens is 3. The van der Waals surface area contributed by atoms with E-state index in [1.54, 1.807) is 14.0 Å². The van der Waals surface area contributed by atoms with Gasteiger partial charge in [0.05, 0.1) is 23.6 Å². The summed E-state index contributed by atoms with van der Waals surface area (Å²) in [5.41, 5.74) is 0.564. The first-order valence-electron chi connectivity index (χ1n) is 12.0. The van der Waals surface area contributed by atoms with E-state index in [0.29, 0.717) is 41.8 Å². The Hall–Kier alpha value is -3.44. The summed E-state index contributed by atoms with van der Waals surface area (Å²) in [6.45, 7) is 9.54. The van der Waals surface area contributed by atoms with Crippen molar-refractivity contribution in [2.24, 2.45) is 0 Å². The van der Waals surface area contributed by atoms with Gasteiger partial charge in [-0.05, 0) is 20.0 Å². The maximum Gasteiger partial charge on any atom is 0.266 e. The van der Waals surface area contributed by atoms with E-state index in [2.05, 4.69) is 38.7 Å². The number of anilines is 2. The molecule has 0 bridgehead atoms. The summed E-state index contributed by atoms with van der Waals surface area (Å²) in [4.78, 5) is 18.2. The number of benzene rings is 1. The molecule has 3 heterocycles. The normalized spacial score (nSPS) is 15.3. The number of fused-ring (bicyclic) bond motifs is 1. The van der Waals surface area contributed by atoms with Crippen LogP contribution in [-0.2, 0) is 4.74 Å². The van der Waals surface area contributed by atoms with Crippen LogP contribution in [0.5, 0.6) is 5.88 Å². The van der Waals surface area contributed by atoms with E-state index in [-0.39, 0.29) is 5.56 Å². The van der Waals surface area contributed by atoms with E-state index in [4.69, 9.17) is 14.5 Å². The summed E-state index contributed by atoms with van der Waals surface area (Å²) in [5.74, 6) is 0.284. The molecule has 198 valence electrons. The second-order valence-electron chi connectivity index (χ2n) is 8.84. The summed E-state index contributed by atoms with van der Waals surface area (Å²) in [7, 11) is 3.67. The van der Waals surface area contributed by atoms with Crippen LogP contribution >= 0.6 is 0 Å². The summed E-state index contributed by atoms with van der Waals surface area (Å²) >= 11 is 0. The number of hydrogen-bond acceptors (Lipinski definition) is 8. The largest absolute Gasteiger partial charge is 0.474 e. The third kappa shape index (κ3) is 5.94. The van der Waals surface area contributed by atoms with Crippen molar-refractivity contribution in [1.82, 2.24) is 19.9 Å². The van der Waals surface area contributed by atoms with Gasteiger partial charge >= 0.3 is 0 Å². The molecule has 1 fully saturated rings. The molecule has 11 heteroatoms. The fraction of sp³-hybridized carbons (Fsp3) is 0.423. The average molecular weight is 517 g/mol. The van der Waals surface area contributed by atoms with Gasteiger partial charge in [0, 0.05) is 38.9 Å². The molecule has 37 heavy (non-hydrogen) atoms. The number of rotatable bonds is 10. The van der Waals surface area contributed by atoms with E-state index in [9.17, 15) is 13.2 Å². The monoisotopic (exact) mass is 516 g/mol. The zero-order valence-corrected chi connectivity index (χ0v) is 21.2. The van der Waals surface area contributed by atoms with Crippen LogP contribution in [0.3, 0.4) is 0 Å². The lowest BCUT2D eigenvalue weighted by Crippen LogP contribution is -2.44. The molecular weight excluding hydrogens is 485 g/mol. The molecule has 1 aliphatic rings. The second-order valence-corrected chi connectivity index (χ2v) is 8.84. The molecule has 0 spiro atoms.